The van der Waals surface area contributed by atoms with Crippen molar-refractivity contribution in [3.63, 3.8) is 0 Å². The van der Waals surface area contributed by atoms with Crippen LogP contribution in [0.1, 0.15) is 31.7 Å². The second-order valence-electron chi connectivity index (χ2n) is 5.80. The van der Waals surface area contributed by atoms with Gasteiger partial charge in [0, 0.05) is 19.5 Å². The lowest BCUT2D eigenvalue weighted by Gasteiger charge is -2.30. The van der Waals surface area contributed by atoms with Gasteiger partial charge in [-0.05, 0) is 18.4 Å². The maximum atomic E-state index is 12.3. The minimum Gasteiger partial charge on any atom is -0.479 e. The molecular formula is C16H22N2O5S. The molecule has 1 aliphatic rings. The molecule has 0 spiro atoms. The third-order valence-corrected chi connectivity index (χ3v) is 6.26. The summed E-state index contributed by atoms with van der Waals surface area (Å²) in [5, 5.41) is 12.3. The van der Waals surface area contributed by atoms with Crippen molar-refractivity contribution in [3.8, 4) is 0 Å². The summed E-state index contributed by atoms with van der Waals surface area (Å²) in [6, 6.07) is 8.51. The molecule has 1 aromatic carbocycles. The Hall–Kier alpha value is -1.93. The van der Waals surface area contributed by atoms with Gasteiger partial charge in [0.25, 0.3) is 0 Å². The van der Waals surface area contributed by atoms with Crippen molar-refractivity contribution in [3.05, 3.63) is 35.9 Å². The summed E-state index contributed by atoms with van der Waals surface area (Å²) in [4.78, 5) is 24.1. The van der Waals surface area contributed by atoms with Crippen molar-refractivity contribution >= 4 is 21.9 Å². The smallest absolute Gasteiger partial charge is 0.334 e. The lowest BCUT2D eigenvalue weighted by molar-refractivity contribution is -0.148. The van der Waals surface area contributed by atoms with Crippen LogP contribution < -0.4 is 5.32 Å². The summed E-state index contributed by atoms with van der Waals surface area (Å²) >= 11 is 0. The van der Waals surface area contributed by atoms with Gasteiger partial charge >= 0.3 is 5.97 Å². The number of carboxylic acid groups (broad SMARTS) is 1. The second-order valence-corrected chi connectivity index (χ2v) is 7.89. The molecule has 24 heavy (non-hydrogen) atoms. The number of carboxylic acids is 1. The fraction of sp³-hybridized carbons (Fsp3) is 0.500. The van der Waals surface area contributed by atoms with Gasteiger partial charge in [0.15, 0.2) is 5.54 Å². The number of nitrogens with one attached hydrogen (secondary N) is 1. The van der Waals surface area contributed by atoms with Crippen molar-refractivity contribution < 1.29 is 23.1 Å². The molecule has 0 radical (unpaired) electrons. The lowest BCUT2D eigenvalue weighted by Crippen LogP contribution is -2.52. The molecule has 7 nitrogen and oxygen atoms in total. The fourth-order valence-electron chi connectivity index (χ4n) is 2.88. The number of carbonyl (C=O) groups is 2. The van der Waals surface area contributed by atoms with Gasteiger partial charge in [-0.25, -0.2) is 17.5 Å². The molecule has 1 fully saturated rings. The van der Waals surface area contributed by atoms with Crippen LogP contribution in [0.15, 0.2) is 30.3 Å². The zero-order valence-electron chi connectivity index (χ0n) is 13.6. The SMILES string of the molecule is CCC(NC(=O)CCN1CCCS1(=O)=O)(C(=O)O)c1ccccc1. The van der Waals surface area contributed by atoms with Crippen molar-refractivity contribution in [2.24, 2.45) is 0 Å². The molecule has 1 heterocycles. The van der Waals surface area contributed by atoms with E-state index in [2.05, 4.69) is 5.32 Å². The van der Waals surface area contributed by atoms with Gasteiger partial charge in [0.1, 0.15) is 0 Å². The summed E-state index contributed by atoms with van der Waals surface area (Å²) in [5.74, 6) is -1.52. The topological polar surface area (TPSA) is 104 Å². The first-order valence-electron chi connectivity index (χ1n) is 7.89. The number of benzene rings is 1. The van der Waals surface area contributed by atoms with E-state index in [-0.39, 0.29) is 25.1 Å². The third-order valence-electron chi connectivity index (χ3n) is 4.31. The summed E-state index contributed by atoms with van der Waals surface area (Å²) < 4.78 is 24.8. The summed E-state index contributed by atoms with van der Waals surface area (Å²) in [5.41, 5.74) is -1.02. The molecule has 2 N–H and O–H groups in total. The molecule has 0 bridgehead atoms. The number of nitrogens with zero attached hydrogens (tertiary/aromatic N) is 1. The minimum atomic E-state index is -3.26. The largest absolute Gasteiger partial charge is 0.479 e. The molecule has 0 aliphatic carbocycles. The minimum absolute atomic E-state index is 0.0684. The monoisotopic (exact) mass is 354 g/mol. The Morgan fingerprint density at radius 1 is 1.29 bits per heavy atom. The van der Waals surface area contributed by atoms with Gasteiger partial charge < -0.3 is 10.4 Å². The maximum Gasteiger partial charge on any atom is 0.334 e. The molecule has 1 atom stereocenters. The first kappa shape index (κ1) is 18.4. The van der Waals surface area contributed by atoms with Gasteiger partial charge in [0.2, 0.25) is 15.9 Å². The second kappa shape index (κ2) is 7.31. The van der Waals surface area contributed by atoms with Crippen LogP contribution in [0.5, 0.6) is 0 Å². The highest BCUT2D eigenvalue weighted by molar-refractivity contribution is 7.89. The van der Waals surface area contributed by atoms with Crippen LogP contribution in [0.25, 0.3) is 0 Å². The van der Waals surface area contributed by atoms with Crippen LogP contribution in [0, 0.1) is 0 Å². The van der Waals surface area contributed by atoms with Crippen LogP contribution in [-0.2, 0) is 25.2 Å². The van der Waals surface area contributed by atoms with E-state index >= 15 is 0 Å². The molecule has 0 aromatic heterocycles. The van der Waals surface area contributed by atoms with Crippen LogP contribution in [0.3, 0.4) is 0 Å². The Labute approximate surface area is 141 Å². The molecule has 1 aliphatic heterocycles. The van der Waals surface area contributed by atoms with E-state index in [0.29, 0.717) is 18.5 Å². The number of hydrogen-bond acceptors (Lipinski definition) is 4. The average Bonchev–Trinajstić information content (AvgIpc) is 2.89. The lowest BCUT2D eigenvalue weighted by atomic mass is 9.87. The summed E-state index contributed by atoms with van der Waals surface area (Å²) in [6.45, 7) is 2.17. The molecule has 1 saturated heterocycles. The standard InChI is InChI=1S/C16H22N2O5S/c1-2-16(15(20)21,13-7-4-3-5-8-13)17-14(19)9-11-18-10-6-12-24(18,22)23/h3-5,7-8H,2,6,9-12H2,1H3,(H,17,19)(H,20,21). The van der Waals surface area contributed by atoms with Crippen LogP contribution in [0.2, 0.25) is 0 Å². The van der Waals surface area contributed by atoms with E-state index in [1.165, 1.54) is 4.31 Å². The van der Waals surface area contributed by atoms with Crippen molar-refractivity contribution in [2.45, 2.75) is 31.7 Å². The normalized spacial score (nSPS) is 19.5. The summed E-state index contributed by atoms with van der Waals surface area (Å²) in [6.07, 6.45) is 0.670. The number of rotatable bonds is 7. The maximum absolute atomic E-state index is 12.3. The molecular weight excluding hydrogens is 332 g/mol. The van der Waals surface area contributed by atoms with E-state index in [4.69, 9.17) is 0 Å². The first-order chi connectivity index (χ1) is 11.3. The molecule has 132 valence electrons. The highest BCUT2D eigenvalue weighted by Gasteiger charge is 2.40. The highest BCUT2D eigenvalue weighted by atomic mass is 32.2. The first-order valence-corrected chi connectivity index (χ1v) is 9.50. The van der Waals surface area contributed by atoms with Gasteiger partial charge in [0.05, 0.1) is 5.75 Å². The third kappa shape index (κ3) is 3.76. The van der Waals surface area contributed by atoms with E-state index < -0.39 is 27.4 Å². The zero-order valence-corrected chi connectivity index (χ0v) is 14.4. The average molecular weight is 354 g/mol. The predicted octanol–water partition coefficient (Wildman–Crippen LogP) is 0.918. The Morgan fingerprint density at radius 3 is 2.46 bits per heavy atom. The van der Waals surface area contributed by atoms with Crippen LogP contribution in [-0.4, -0.2) is 48.5 Å². The van der Waals surface area contributed by atoms with E-state index in [1.54, 1.807) is 37.3 Å². The van der Waals surface area contributed by atoms with Crippen molar-refractivity contribution in [1.29, 1.82) is 0 Å². The van der Waals surface area contributed by atoms with Gasteiger partial charge in [-0.2, -0.15) is 0 Å². The zero-order chi connectivity index (χ0) is 17.8. The molecule has 2 rings (SSSR count). The Balaban J connectivity index is 2.10. The Kier molecular flexibility index (Phi) is 5.61. The quantitative estimate of drug-likeness (QED) is 0.758. The highest BCUT2D eigenvalue weighted by Crippen LogP contribution is 2.25. The van der Waals surface area contributed by atoms with Crippen molar-refractivity contribution in [2.75, 3.05) is 18.8 Å². The molecule has 1 unspecified atom stereocenters. The van der Waals surface area contributed by atoms with E-state index in [1.807, 2.05) is 0 Å². The number of sulfonamides is 1. The van der Waals surface area contributed by atoms with Crippen LogP contribution in [0.4, 0.5) is 0 Å². The van der Waals surface area contributed by atoms with Crippen molar-refractivity contribution in [1.82, 2.24) is 9.62 Å². The molecule has 8 heteroatoms. The van der Waals surface area contributed by atoms with E-state index in [9.17, 15) is 23.1 Å². The molecule has 0 saturated carbocycles. The van der Waals surface area contributed by atoms with Gasteiger partial charge in [-0.1, -0.05) is 37.3 Å². The summed E-state index contributed by atoms with van der Waals surface area (Å²) in [7, 11) is -3.26. The molecule has 1 amide bonds. The molecule has 1 aromatic rings. The number of aliphatic carboxylic acids is 1. The van der Waals surface area contributed by atoms with Crippen LogP contribution >= 0.6 is 0 Å². The van der Waals surface area contributed by atoms with Gasteiger partial charge in [-0.3, -0.25) is 4.79 Å². The fourth-order valence-corrected chi connectivity index (χ4v) is 4.41. The predicted molar refractivity (Wildman–Crippen MR) is 88.8 cm³/mol. The Morgan fingerprint density at radius 2 is 1.96 bits per heavy atom. The van der Waals surface area contributed by atoms with Gasteiger partial charge in [-0.15, -0.1) is 0 Å². The number of hydrogen-bond donors (Lipinski definition) is 2. The number of carbonyl (C=O) groups excluding carboxylic acids is 1. The van der Waals surface area contributed by atoms with E-state index in [0.717, 1.165) is 0 Å². The Bertz CT molecular complexity index is 704. The number of amides is 1.